The van der Waals surface area contributed by atoms with Gasteiger partial charge in [0.25, 0.3) is 0 Å². The number of Topliss-reactive ketones (excluding diaryl/α,β-unsaturated/α-hetero) is 1. The van der Waals surface area contributed by atoms with E-state index in [0.717, 1.165) is 11.3 Å². The Hall–Kier alpha value is -3.03. The Morgan fingerprint density at radius 1 is 1.00 bits per heavy atom. The van der Waals surface area contributed by atoms with Crippen LogP contribution in [0.5, 0.6) is 11.5 Å². The quantitative estimate of drug-likeness (QED) is 0.333. The SMILES string of the molecule is COc1cc(C(=O)OCC(=O)c2ccc(Cl)c(Cl)c2)ccc1OCc1c(C)noc1C. The van der Waals surface area contributed by atoms with E-state index >= 15 is 0 Å². The lowest BCUT2D eigenvalue weighted by Crippen LogP contribution is -2.14. The van der Waals surface area contributed by atoms with Crippen LogP contribution in [0.3, 0.4) is 0 Å². The lowest BCUT2D eigenvalue weighted by molar-refractivity contribution is 0.0474. The van der Waals surface area contributed by atoms with Gasteiger partial charge in [-0.2, -0.15) is 0 Å². The Labute approximate surface area is 188 Å². The summed E-state index contributed by atoms with van der Waals surface area (Å²) in [6, 6.07) is 9.04. The first kappa shape index (κ1) is 22.7. The second kappa shape index (κ2) is 9.85. The van der Waals surface area contributed by atoms with Gasteiger partial charge in [0, 0.05) is 5.56 Å². The largest absolute Gasteiger partial charge is 0.493 e. The number of ether oxygens (including phenoxy) is 3. The van der Waals surface area contributed by atoms with Crippen molar-refractivity contribution in [1.82, 2.24) is 5.16 Å². The van der Waals surface area contributed by atoms with Gasteiger partial charge in [0.05, 0.1) is 34.0 Å². The molecule has 0 atom stereocenters. The number of esters is 1. The molecular formula is C22H19Cl2NO6. The number of hydrogen-bond acceptors (Lipinski definition) is 7. The molecule has 0 amide bonds. The molecule has 2 aromatic carbocycles. The second-order valence-corrected chi connectivity index (χ2v) is 7.40. The first-order chi connectivity index (χ1) is 14.8. The molecule has 0 aliphatic heterocycles. The molecule has 0 aliphatic carbocycles. The summed E-state index contributed by atoms with van der Waals surface area (Å²) in [6.07, 6.45) is 0. The average molecular weight is 464 g/mol. The number of aryl methyl sites for hydroxylation is 2. The van der Waals surface area contributed by atoms with Crippen molar-refractivity contribution in [3.63, 3.8) is 0 Å². The van der Waals surface area contributed by atoms with E-state index in [1.54, 1.807) is 13.0 Å². The molecule has 3 rings (SSSR count). The summed E-state index contributed by atoms with van der Waals surface area (Å²) in [5.41, 5.74) is 2.08. The third-order valence-corrected chi connectivity index (χ3v) is 5.27. The van der Waals surface area contributed by atoms with Crippen LogP contribution >= 0.6 is 23.2 Å². The highest BCUT2D eigenvalue weighted by Crippen LogP contribution is 2.30. The molecule has 0 fully saturated rings. The van der Waals surface area contributed by atoms with Crippen LogP contribution in [0.1, 0.15) is 37.7 Å². The number of aromatic nitrogens is 1. The number of methoxy groups -OCH3 is 1. The summed E-state index contributed by atoms with van der Waals surface area (Å²) >= 11 is 11.8. The Bertz CT molecular complexity index is 1110. The van der Waals surface area contributed by atoms with Crippen LogP contribution in [0.4, 0.5) is 0 Å². The number of carbonyl (C=O) groups is 2. The van der Waals surface area contributed by atoms with Crippen molar-refractivity contribution < 1.29 is 28.3 Å². The van der Waals surface area contributed by atoms with Crippen molar-refractivity contribution >= 4 is 35.0 Å². The average Bonchev–Trinajstić information content (AvgIpc) is 3.09. The highest BCUT2D eigenvalue weighted by molar-refractivity contribution is 6.42. The summed E-state index contributed by atoms with van der Waals surface area (Å²) in [6.45, 7) is 3.42. The molecule has 1 heterocycles. The standard InChI is InChI=1S/C22H19Cl2NO6/c1-12-16(13(2)31-25-12)10-29-20-7-5-15(9-21(20)28-3)22(27)30-11-19(26)14-4-6-17(23)18(24)8-14/h4-9H,10-11H2,1-3H3. The van der Waals surface area contributed by atoms with Gasteiger partial charge in [0.1, 0.15) is 12.4 Å². The van der Waals surface area contributed by atoms with E-state index in [9.17, 15) is 9.59 Å². The molecule has 0 bridgehead atoms. The Balaban J connectivity index is 1.64. The maximum absolute atomic E-state index is 12.4. The lowest BCUT2D eigenvalue weighted by atomic mass is 10.1. The fourth-order valence-electron chi connectivity index (χ4n) is 2.74. The molecule has 0 radical (unpaired) electrons. The molecule has 162 valence electrons. The van der Waals surface area contributed by atoms with Gasteiger partial charge in [-0.1, -0.05) is 28.4 Å². The topological polar surface area (TPSA) is 87.9 Å². The van der Waals surface area contributed by atoms with Gasteiger partial charge in [-0.25, -0.2) is 4.79 Å². The first-order valence-corrected chi connectivity index (χ1v) is 9.93. The predicted molar refractivity (Wildman–Crippen MR) is 114 cm³/mol. The van der Waals surface area contributed by atoms with Crippen molar-refractivity contribution in [2.45, 2.75) is 20.5 Å². The van der Waals surface area contributed by atoms with Gasteiger partial charge in [0.2, 0.25) is 0 Å². The second-order valence-electron chi connectivity index (χ2n) is 6.59. The van der Waals surface area contributed by atoms with E-state index in [1.807, 2.05) is 6.92 Å². The maximum Gasteiger partial charge on any atom is 0.338 e. The zero-order valence-corrected chi connectivity index (χ0v) is 18.5. The van der Waals surface area contributed by atoms with Gasteiger partial charge in [-0.15, -0.1) is 0 Å². The number of rotatable bonds is 8. The molecular weight excluding hydrogens is 445 g/mol. The molecule has 9 heteroatoms. The predicted octanol–water partition coefficient (Wildman–Crippen LogP) is 5.23. The van der Waals surface area contributed by atoms with E-state index in [2.05, 4.69) is 5.16 Å². The van der Waals surface area contributed by atoms with Crippen molar-refractivity contribution in [3.8, 4) is 11.5 Å². The van der Waals surface area contributed by atoms with Gasteiger partial charge in [-0.05, 0) is 50.2 Å². The van der Waals surface area contributed by atoms with Crippen molar-refractivity contribution in [1.29, 1.82) is 0 Å². The van der Waals surface area contributed by atoms with Crippen LogP contribution in [0, 0.1) is 13.8 Å². The molecule has 0 N–H and O–H groups in total. The third-order valence-electron chi connectivity index (χ3n) is 4.53. The van der Waals surface area contributed by atoms with Crippen molar-refractivity contribution in [2.75, 3.05) is 13.7 Å². The third kappa shape index (κ3) is 5.37. The van der Waals surface area contributed by atoms with Crippen LogP contribution in [-0.4, -0.2) is 30.6 Å². The molecule has 1 aromatic heterocycles. The van der Waals surface area contributed by atoms with Crippen LogP contribution in [0.25, 0.3) is 0 Å². The lowest BCUT2D eigenvalue weighted by Gasteiger charge is -2.12. The van der Waals surface area contributed by atoms with E-state index in [4.69, 9.17) is 41.9 Å². The molecule has 0 unspecified atom stereocenters. The van der Waals surface area contributed by atoms with E-state index in [-0.39, 0.29) is 17.2 Å². The molecule has 3 aromatic rings. The van der Waals surface area contributed by atoms with Crippen LogP contribution in [0.2, 0.25) is 10.0 Å². The number of nitrogens with zero attached hydrogens (tertiary/aromatic N) is 1. The van der Waals surface area contributed by atoms with Gasteiger partial charge in [-0.3, -0.25) is 4.79 Å². The smallest absolute Gasteiger partial charge is 0.338 e. The molecule has 0 saturated carbocycles. The fraction of sp³-hybridized carbons (Fsp3) is 0.227. The monoisotopic (exact) mass is 463 g/mol. The van der Waals surface area contributed by atoms with E-state index in [1.165, 1.54) is 37.4 Å². The molecule has 0 aliphatic rings. The van der Waals surface area contributed by atoms with Gasteiger partial charge in [0.15, 0.2) is 23.9 Å². The summed E-state index contributed by atoms with van der Waals surface area (Å²) in [5, 5.41) is 4.46. The van der Waals surface area contributed by atoms with E-state index < -0.39 is 18.4 Å². The molecule has 7 nitrogen and oxygen atoms in total. The van der Waals surface area contributed by atoms with Gasteiger partial charge >= 0.3 is 5.97 Å². The van der Waals surface area contributed by atoms with Gasteiger partial charge < -0.3 is 18.7 Å². The Morgan fingerprint density at radius 2 is 1.74 bits per heavy atom. The highest BCUT2D eigenvalue weighted by atomic mass is 35.5. The minimum atomic E-state index is -0.677. The minimum absolute atomic E-state index is 0.212. The number of carbonyl (C=O) groups excluding carboxylic acids is 2. The number of ketones is 1. The molecule has 31 heavy (non-hydrogen) atoms. The normalized spacial score (nSPS) is 10.6. The zero-order valence-electron chi connectivity index (χ0n) is 17.0. The Morgan fingerprint density at radius 3 is 2.39 bits per heavy atom. The van der Waals surface area contributed by atoms with Crippen molar-refractivity contribution in [3.05, 3.63) is 74.6 Å². The molecule has 0 spiro atoms. The summed E-state index contributed by atoms with van der Waals surface area (Å²) in [5.74, 6) is 0.369. The number of hydrogen-bond donors (Lipinski definition) is 0. The highest BCUT2D eigenvalue weighted by Gasteiger charge is 2.17. The number of benzene rings is 2. The van der Waals surface area contributed by atoms with Crippen molar-refractivity contribution in [2.24, 2.45) is 0 Å². The maximum atomic E-state index is 12.4. The molecule has 0 saturated heterocycles. The number of halogens is 2. The minimum Gasteiger partial charge on any atom is -0.493 e. The van der Waals surface area contributed by atoms with E-state index in [0.29, 0.717) is 27.8 Å². The summed E-state index contributed by atoms with van der Waals surface area (Å²) < 4.78 is 21.4. The van der Waals surface area contributed by atoms with Crippen LogP contribution < -0.4 is 9.47 Å². The van der Waals surface area contributed by atoms with Crippen LogP contribution in [-0.2, 0) is 11.3 Å². The van der Waals surface area contributed by atoms with Crippen LogP contribution in [0.15, 0.2) is 40.9 Å². The summed E-state index contributed by atoms with van der Waals surface area (Å²) in [7, 11) is 1.46. The summed E-state index contributed by atoms with van der Waals surface area (Å²) in [4.78, 5) is 24.6. The first-order valence-electron chi connectivity index (χ1n) is 9.18. The zero-order chi connectivity index (χ0) is 22.5. The Kier molecular flexibility index (Phi) is 7.20. The fourth-order valence-corrected chi connectivity index (χ4v) is 3.04.